The summed E-state index contributed by atoms with van der Waals surface area (Å²) in [4.78, 5) is 22.2. The number of carbonyl (C=O) groups excluding carboxylic acids is 1. The molecule has 0 spiro atoms. The van der Waals surface area contributed by atoms with E-state index in [0.717, 1.165) is 19.3 Å². The van der Waals surface area contributed by atoms with Gasteiger partial charge in [-0.15, -0.1) is 0 Å². The first-order chi connectivity index (χ1) is 9.01. The maximum atomic E-state index is 11.8. The smallest absolute Gasteiger partial charge is 0.315 e. The largest absolute Gasteiger partial charge is 0.481 e. The SMILES string of the molecule is CSC1CCCC(NC(=O)NC(C)CCC(=O)O)C1. The highest BCUT2D eigenvalue weighted by molar-refractivity contribution is 7.99. The van der Waals surface area contributed by atoms with Crippen molar-refractivity contribution in [1.82, 2.24) is 10.6 Å². The molecule has 19 heavy (non-hydrogen) atoms. The van der Waals surface area contributed by atoms with Crippen molar-refractivity contribution in [2.45, 2.75) is 62.8 Å². The van der Waals surface area contributed by atoms with Crippen molar-refractivity contribution in [2.75, 3.05) is 6.26 Å². The lowest BCUT2D eigenvalue weighted by Crippen LogP contribution is -2.47. The van der Waals surface area contributed by atoms with Crippen LogP contribution < -0.4 is 10.6 Å². The number of carboxylic acid groups (broad SMARTS) is 1. The fourth-order valence-electron chi connectivity index (χ4n) is 2.35. The molecular formula is C13H24N2O3S. The Kier molecular flexibility index (Phi) is 7.05. The summed E-state index contributed by atoms with van der Waals surface area (Å²) in [6.45, 7) is 1.83. The molecule has 0 aliphatic heterocycles. The molecule has 0 bridgehead atoms. The molecule has 6 heteroatoms. The van der Waals surface area contributed by atoms with Crippen LogP contribution in [-0.4, -0.2) is 40.7 Å². The Morgan fingerprint density at radius 3 is 2.79 bits per heavy atom. The van der Waals surface area contributed by atoms with Gasteiger partial charge in [-0.3, -0.25) is 4.79 Å². The minimum atomic E-state index is -0.829. The summed E-state index contributed by atoms with van der Waals surface area (Å²) in [6.07, 6.45) is 7.11. The third-order valence-electron chi connectivity index (χ3n) is 3.46. The molecule has 0 heterocycles. The third kappa shape index (κ3) is 6.71. The quantitative estimate of drug-likeness (QED) is 0.700. The van der Waals surface area contributed by atoms with E-state index in [2.05, 4.69) is 16.9 Å². The van der Waals surface area contributed by atoms with Gasteiger partial charge in [0.2, 0.25) is 0 Å². The van der Waals surface area contributed by atoms with Gasteiger partial charge in [-0.1, -0.05) is 6.42 Å². The monoisotopic (exact) mass is 288 g/mol. The van der Waals surface area contributed by atoms with Gasteiger partial charge in [0.05, 0.1) is 0 Å². The van der Waals surface area contributed by atoms with Crippen molar-refractivity contribution in [3.8, 4) is 0 Å². The number of carboxylic acids is 1. The van der Waals surface area contributed by atoms with Crippen LogP contribution in [0.15, 0.2) is 0 Å². The zero-order valence-corrected chi connectivity index (χ0v) is 12.5. The number of aliphatic carboxylic acids is 1. The van der Waals surface area contributed by atoms with Crippen LogP contribution in [0.5, 0.6) is 0 Å². The first-order valence-corrected chi connectivity index (χ1v) is 8.11. The van der Waals surface area contributed by atoms with E-state index in [1.165, 1.54) is 6.42 Å². The molecule has 5 nitrogen and oxygen atoms in total. The van der Waals surface area contributed by atoms with Gasteiger partial charge in [0, 0.05) is 23.8 Å². The minimum Gasteiger partial charge on any atom is -0.481 e. The van der Waals surface area contributed by atoms with E-state index in [1.807, 2.05) is 18.7 Å². The molecule has 3 atom stereocenters. The second-order valence-corrected chi connectivity index (χ2v) is 6.31. The summed E-state index contributed by atoms with van der Waals surface area (Å²) in [7, 11) is 0. The van der Waals surface area contributed by atoms with Gasteiger partial charge in [-0.05, 0) is 38.9 Å². The van der Waals surface area contributed by atoms with Crippen LogP contribution in [-0.2, 0) is 4.79 Å². The van der Waals surface area contributed by atoms with Crippen molar-refractivity contribution in [2.24, 2.45) is 0 Å². The number of nitrogens with one attached hydrogen (secondary N) is 2. The molecular weight excluding hydrogens is 264 g/mol. The molecule has 0 aromatic carbocycles. The van der Waals surface area contributed by atoms with Crippen LogP contribution in [0.1, 0.15) is 45.4 Å². The standard InChI is InChI=1S/C13H24N2O3S/c1-9(6-7-12(16)17)14-13(18)15-10-4-3-5-11(8-10)19-2/h9-11H,3-8H2,1-2H3,(H,16,17)(H2,14,15,18). The molecule has 0 aromatic heterocycles. The average Bonchev–Trinajstić information content (AvgIpc) is 2.36. The van der Waals surface area contributed by atoms with Crippen molar-refractivity contribution >= 4 is 23.8 Å². The number of urea groups is 1. The number of amides is 2. The predicted molar refractivity (Wildman–Crippen MR) is 77.6 cm³/mol. The van der Waals surface area contributed by atoms with Gasteiger partial charge >= 0.3 is 12.0 Å². The molecule has 1 aliphatic carbocycles. The highest BCUT2D eigenvalue weighted by atomic mass is 32.2. The Labute approximate surface area is 118 Å². The second-order valence-electron chi connectivity index (χ2n) is 5.17. The Morgan fingerprint density at radius 1 is 1.42 bits per heavy atom. The van der Waals surface area contributed by atoms with Crippen molar-refractivity contribution < 1.29 is 14.7 Å². The topological polar surface area (TPSA) is 78.4 Å². The van der Waals surface area contributed by atoms with E-state index in [1.54, 1.807) is 0 Å². The maximum absolute atomic E-state index is 11.8. The zero-order valence-electron chi connectivity index (χ0n) is 11.6. The van der Waals surface area contributed by atoms with E-state index in [-0.39, 0.29) is 24.5 Å². The average molecular weight is 288 g/mol. The molecule has 1 aliphatic rings. The number of carbonyl (C=O) groups is 2. The van der Waals surface area contributed by atoms with Gasteiger partial charge < -0.3 is 15.7 Å². The summed E-state index contributed by atoms with van der Waals surface area (Å²) >= 11 is 1.86. The first kappa shape index (κ1) is 16.1. The van der Waals surface area contributed by atoms with Crippen LogP contribution in [0.4, 0.5) is 4.79 Å². The van der Waals surface area contributed by atoms with E-state index in [9.17, 15) is 9.59 Å². The minimum absolute atomic E-state index is 0.0828. The van der Waals surface area contributed by atoms with Crippen LogP contribution in [0.2, 0.25) is 0 Å². The van der Waals surface area contributed by atoms with Crippen molar-refractivity contribution in [3.63, 3.8) is 0 Å². The van der Waals surface area contributed by atoms with Crippen LogP contribution in [0.3, 0.4) is 0 Å². The third-order valence-corrected chi connectivity index (χ3v) is 4.56. The van der Waals surface area contributed by atoms with Crippen molar-refractivity contribution in [1.29, 1.82) is 0 Å². The molecule has 0 aromatic rings. The maximum Gasteiger partial charge on any atom is 0.315 e. The highest BCUT2D eigenvalue weighted by Gasteiger charge is 2.22. The summed E-state index contributed by atoms with van der Waals surface area (Å²) in [6, 6.07) is -0.0430. The number of hydrogen-bond acceptors (Lipinski definition) is 3. The molecule has 3 unspecified atom stereocenters. The van der Waals surface area contributed by atoms with E-state index in [4.69, 9.17) is 5.11 Å². The lowest BCUT2D eigenvalue weighted by atomic mass is 9.95. The predicted octanol–water partition coefficient (Wildman–Crippen LogP) is 2.21. The normalized spacial score (nSPS) is 24.5. The van der Waals surface area contributed by atoms with Crippen LogP contribution in [0.25, 0.3) is 0 Å². The van der Waals surface area contributed by atoms with Crippen molar-refractivity contribution in [3.05, 3.63) is 0 Å². The fraction of sp³-hybridized carbons (Fsp3) is 0.846. The number of hydrogen-bond donors (Lipinski definition) is 3. The van der Waals surface area contributed by atoms with Gasteiger partial charge in [0.1, 0.15) is 0 Å². The summed E-state index contributed by atoms with van der Waals surface area (Å²) in [5.41, 5.74) is 0. The molecule has 1 fully saturated rings. The lowest BCUT2D eigenvalue weighted by Gasteiger charge is -2.29. The van der Waals surface area contributed by atoms with E-state index >= 15 is 0 Å². The fourth-order valence-corrected chi connectivity index (χ4v) is 3.18. The van der Waals surface area contributed by atoms with Gasteiger partial charge in [-0.2, -0.15) is 11.8 Å². The second kappa shape index (κ2) is 8.30. The Morgan fingerprint density at radius 2 is 2.16 bits per heavy atom. The number of thioether (sulfide) groups is 1. The van der Waals surface area contributed by atoms with Crippen LogP contribution in [0, 0.1) is 0 Å². The van der Waals surface area contributed by atoms with Gasteiger partial charge in [-0.25, -0.2) is 4.79 Å². The molecule has 3 N–H and O–H groups in total. The molecule has 0 radical (unpaired) electrons. The Hall–Kier alpha value is -0.910. The van der Waals surface area contributed by atoms with Gasteiger partial charge in [0.15, 0.2) is 0 Å². The Balaban J connectivity index is 2.24. The lowest BCUT2D eigenvalue weighted by molar-refractivity contribution is -0.137. The summed E-state index contributed by atoms with van der Waals surface area (Å²) in [5.74, 6) is -0.829. The molecule has 1 saturated carbocycles. The molecule has 1 rings (SSSR count). The molecule has 0 saturated heterocycles. The molecule has 2 amide bonds. The molecule has 110 valence electrons. The van der Waals surface area contributed by atoms with E-state index < -0.39 is 5.97 Å². The highest BCUT2D eigenvalue weighted by Crippen LogP contribution is 2.26. The zero-order chi connectivity index (χ0) is 14.3. The Bertz CT molecular complexity index is 312. The summed E-state index contributed by atoms with van der Waals surface area (Å²) < 4.78 is 0. The summed E-state index contributed by atoms with van der Waals surface area (Å²) in [5, 5.41) is 15.0. The number of rotatable bonds is 6. The van der Waals surface area contributed by atoms with E-state index in [0.29, 0.717) is 11.7 Å². The van der Waals surface area contributed by atoms with Gasteiger partial charge in [0.25, 0.3) is 0 Å². The first-order valence-electron chi connectivity index (χ1n) is 6.83. The van der Waals surface area contributed by atoms with Crippen LogP contribution >= 0.6 is 11.8 Å².